The van der Waals surface area contributed by atoms with Gasteiger partial charge in [0.25, 0.3) is 0 Å². The number of hydrogen-bond donors (Lipinski definition) is 1. The number of halogens is 2. The summed E-state index contributed by atoms with van der Waals surface area (Å²) in [6.07, 6.45) is 1.94. The molecule has 1 saturated heterocycles. The second-order valence-corrected chi connectivity index (χ2v) is 8.32. The highest BCUT2D eigenvalue weighted by Gasteiger charge is 2.34. The van der Waals surface area contributed by atoms with E-state index >= 15 is 0 Å². The number of benzene rings is 1. The largest absolute Gasteiger partial charge is 0.399 e. The van der Waals surface area contributed by atoms with Crippen LogP contribution in [-0.2, 0) is 10.0 Å². The average molecular weight is 412 g/mol. The van der Waals surface area contributed by atoms with Crippen LogP contribution < -0.4 is 5.73 Å². The summed E-state index contributed by atoms with van der Waals surface area (Å²) < 4.78 is 27.9. The molecule has 1 unspecified atom stereocenters. The zero-order valence-electron chi connectivity index (χ0n) is 10.6. The van der Waals surface area contributed by atoms with E-state index in [0.29, 0.717) is 33.6 Å². The van der Waals surface area contributed by atoms with E-state index in [9.17, 15) is 8.42 Å². The van der Waals surface area contributed by atoms with Crippen molar-refractivity contribution >= 4 is 47.6 Å². The molecule has 0 bridgehead atoms. The molecule has 2 N–H and O–H groups in total. The Morgan fingerprint density at radius 1 is 1.37 bits per heavy atom. The van der Waals surface area contributed by atoms with Gasteiger partial charge in [0.1, 0.15) is 4.90 Å². The van der Waals surface area contributed by atoms with Crippen LogP contribution in [-0.4, -0.2) is 25.8 Å². The maximum Gasteiger partial charge on any atom is 0.245 e. The number of rotatable bonds is 3. The van der Waals surface area contributed by atoms with Gasteiger partial charge in [-0.25, -0.2) is 8.42 Å². The summed E-state index contributed by atoms with van der Waals surface area (Å²) in [5.74, 6) is 0.459. The lowest BCUT2D eigenvalue weighted by Crippen LogP contribution is -2.29. The first-order valence-electron chi connectivity index (χ1n) is 6.11. The van der Waals surface area contributed by atoms with E-state index in [4.69, 9.17) is 5.73 Å². The standard InChI is InChI=1S/C12H16Br2N2O2S/c1-2-8-3-4-16(7-8)19(17,18)12-10(13)5-9(15)6-11(12)14/h5-6,8H,2-4,7,15H2,1H3. The summed E-state index contributed by atoms with van der Waals surface area (Å²) in [5.41, 5.74) is 6.22. The molecule has 1 aliphatic rings. The minimum atomic E-state index is -3.48. The molecule has 4 nitrogen and oxygen atoms in total. The molecule has 0 radical (unpaired) electrons. The van der Waals surface area contributed by atoms with Gasteiger partial charge in [-0.3, -0.25) is 0 Å². The molecular formula is C12H16Br2N2O2S. The van der Waals surface area contributed by atoms with Crippen LogP contribution in [0.4, 0.5) is 5.69 Å². The van der Waals surface area contributed by atoms with Crippen molar-refractivity contribution in [2.75, 3.05) is 18.8 Å². The summed E-state index contributed by atoms with van der Waals surface area (Å²) >= 11 is 6.59. The van der Waals surface area contributed by atoms with Crippen LogP contribution in [0.5, 0.6) is 0 Å². The Hall–Kier alpha value is -0.110. The van der Waals surface area contributed by atoms with Crippen LogP contribution in [0.1, 0.15) is 19.8 Å². The first-order valence-corrected chi connectivity index (χ1v) is 9.13. The predicted octanol–water partition coefficient (Wildman–Crippen LogP) is 3.21. The molecule has 1 fully saturated rings. The van der Waals surface area contributed by atoms with Crippen LogP contribution in [0.25, 0.3) is 0 Å². The van der Waals surface area contributed by atoms with Crippen molar-refractivity contribution in [2.45, 2.75) is 24.7 Å². The van der Waals surface area contributed by atoms with E-state index in [1.54, 1.807) is 16.4 Å². The minimum absolute atomic E-state index is 0.262. The molecule has 2 rings (SSSR count). The second-order valence-electron chi connectivity index (χ2n) is 4.74. The van der Waals surface area contributed by atoms with Crippen molar-refractivity contribution in [1.29, 1.82) is 0 Å². The summed E-state index contributed by atoms with van der Waals surface area (Å²) in [6, 6.07) is 3.23. The quantitative estimate of drug-likeness (QED) is 0.776. The number of hydrogen-bond acceptors (Lipinski definition) is 3. The fourth-order valence-corrected chi connectivity index (χ4v) is 6.37. The van der Waals surface area contributed by atoms with E-state index in [1.165, 1.54) is 0 Å². The molecule has 1 aliphatic heterocycles. The SMILES string of the molecule is CCC1CCN(S(=O)(=O)c2c(Br)cc(N)cc2Br)C1. The number of sulfonamides is 1. The topological polar surface area (TPSA) is 63.4 Å². The molecule has 0 spiro atoms. The molecule has 0 saturated carbocycles. The summed E-state index contributed by atoms with van der Waals surface area (Å²) in [6.45, 7) is 3.28. The molecular weight excluding hydrogens is 396 g/mol. The number of nitrogen functional groups attached to an aromatic ring is 1. The summed E-state index contributed by atoms with van der Waals surface area (Å²) in [5, 5.41) is 0. The van der Waals surface area contributed by atoms with Crippen molar-refractivity contribution in [3.05, 3.63) is 21.1 Å². The Bertz CT molecular complexity index is 566. The molecule has 19 heavy (non-hydrogen) atoms. The zero-order valence-corrected chi connectivity index (χ0v) is 14.6. The van der Waals surface area contributed by atoms with Crippen molar-refractivity contribution in [3.8, 4) is 0 Å². The number of anilines is 1. The highest BCUT2D eigenvalue weighted by atomic mass is 79.9. The molecule has 0 amide bonds. The third kappa shape index (κ3) is 2.99. The van der Waals surface area contributed by atoms with Gasteiger partial charge in [-0.2, -0.15) is 4.31 Å². The van der Waals surface area contributed by atoms with Crippen LogP contribution >= 0.6 is 31.9 Å². The van der Waals surface area contributed by atoms with Gasteiger partial charge in [-0.05, 0) is 56.3 Å². The average Bonchev–Trinajstić information content (AvgIpc) is 2.75. The third-order valence-electron chi connectivity index (χ3n) is 3.44. The number of nitrogens with zero attached hydrogens (tertiary/aromatic N) is 1. The first-order chi connectivity index (χ1) is 8.86. The maximum absolute atomic E-state index is 12.7. The molecule has 0 aliphatic carbocycles. The highest BCUT2D eigenvalue weighted by Crippen LogP contribution is 2.36. The fourth-order valence-electron chi connectivity index (χ4n) is 2.30. The van der Waals surface area contributed by atoms with Crippen molar-refractivity contribution < 1.29 is 8.42 Å². The van der Waals surface area contributed by atoms with Crippen LogP contribution in [0.3, 0.4) is 0 Å². The molecule has 1 heterocycles. The molecule has 0 aromatic heterocycles. The summed E-state index contributed by atoms with van der Waals surface area (Å²) in [7, 11) is -3.48. The molecule has 106 valence electrons. The zero-order chi connectivity index (χ0) is 14.2. The maximum atomic E-state index is 12.7. The molecule has 1 atom stereocenters. The van der Waals surface area contributed by atoms with Crippen LogP contribution in [0.15, 0.2) is 26.0 Å². The molecule has 7 heteroatoms. The van der Waals surface area contributed by atoms with Gasteiger partial charge in [-0.1, -0.05) is 13.3 Å². The monoisotopic (exact) mass is 410 g/mol. The Morgan fingerprint density at radius 2 is 1.95 bits per heavy atom. The van der Waals surface area contributed by atoms with E-state index in [1.807, 2.05) is 0 Å². The first kappa shape index (κ1) is 15.3. The van der Waals surface area contributed by atoms with Gasteiger partial charge in [0, 0.05) is 27.7 Å². The van der Waals surface area contributed by atoms with Crippen molar-refractivity contribution in [3.63, 3.8) is 0 Å². The smallest absolute Gasteiger partial charge is 0.245 e. The van der Waals surface area contributed by atoms with Crippen molar-refractivity contribution in [2.24, 2.45) is 5.92 Å². The van der Waals surface area contributed by atoms with Gasteiger partial charge in [0.15, 0.2) is 0 Å². The Morgan fingerprint density at radius 3 is 2.42 bits per heavy atom. The van der Waals surface area contributed by atoms with Crippen LogP contribution in [0, 0.1) is 5.92 Å². The minimum Gasteiger partial charge on any atom is -0.399 e. The molecule has 1 aromatic carbocycles. The highest BCUT2D eigenvalue weighted by molar-refractivity contribution is 9.11. The van der Waals surface area contributed by atoms with Gasteiger partial charge < -0.3 is 5.73 Å². The second kappa shape index (κ2) is 5.71. The Balaban J connectivity index is 2.41. The van der Waals surface area contributed by atoms with E-state index in [2.05, 4.69) is 38.8 Å². The van der Waals surface area contributed by atoms with Crippen molar-refractivity contribution in [1.82, 2.24) is 4.31 Å². The Kier molecular flexibility index (Phi) is 4.59. The number of nitrogens with two attached hydrogens (primary N) is 1. The fraction of sp³-hybridized carbons (Fsp3) is 0.500. The van der Waals surface area contributed by atoms with Gasteiger partial charge in [0.2, 0.25) is 10.0 Å². The lowest BCUT2D eigenvalue weighted by molar-refractivity contribution is 0.452. The van der Waals surface area contributed by atoms with Gasteiger partial charge >= 0.3 is 0 Å². The van der Waals surface area contributed by atoms with E-state index in [-0.39, 0.29) is 4.90 Å². The van der Waals surface area contributed by atoms with Gasteiger partial charge in [0.05, 0.1) is 0 Å². The molecule has 1 aromatic rings. The summed E-state index contributed by atoms with van der Waals surface area (Å²) in [4.78, 5) is 0.262. The Labute approximate surface area is 130 Å². The lowest BCUT2D eigenvalue weighted by Gasteiger charge is -2.18. The normalized spacial score (nSPS) is 20.9. The van der Waals surface area contributed by atoms with Gasteiger partial charge in [-0.15, -0.1) is 0 Å². The lowest BCUT2D eigenvalue weighted by atomic mass is 10.1. The van der Waals surface area contributed by atoms with E-state index in [0.717, 1.165) is 12.8 Å². The van der Waals surface area contributed by atoms with Crippen LogP contribution in [0.2, 0.25) is 0 Å². The predicted molar refractivity (Wildman–Crippen MR) is 83.4 cm³/mol. The third-order valence-corrected chi connectivity index (χ3v) is 7.19. The van der Waals surface area contributed by atoms with E-state index < -0.39 is 10.0 Å².